The van der Waals surface area contributed by atoms with E-state index in [4.69, 9.17) is 24.0 Å². The molecule has 1 fully saturated rings. The molecule has 3 heterocycles. The molecule has 0 spiro atoms. The zero-order valence-electron chi connectivity index (χ0n) is 25.4. The molecule has 6 rings (SSSR count). The molecule has 1 N–H and O–H groups in total. The fourth-order valence-corrected chi connectivity index (χ4v) is 6.46. The number of hydrogen-bond acceptors (Lipinski definition) is 10. The summed E-state index contributed by atoms with van der Waals surface area (Å²) in [7, 11) is 0. The molecule has 1 aliphatic rings. The van der Waals surface area contributed by atoms with E-state index in [-0.39, 0.29) is 19.8 Å². The summed E-state index contributed by atoms with van der Waals surface area (Å²) in [5, 5.41) is 18.7. The van der Waals surface area contributed by atoms with E-state index in [0.29, 0.717) is 28.1 Å². The SMILES string of the molecule is CSc1nc(SC)c2ncc([C@]3(O)O[C@H](COCc4ccccc4)[C@@H](OCc4ccccc4)[C@@]3(C)OCc3ccccc3)n2n1. The Hall–Kier alpha value is -3.29. The molecule has 45 heavy (non-hydrogen) atoms. The molecule has 0 aliphatic carbocycles. The third-order valence-corrected chi connectivity index (χ3v) is 9.16. The number of nitrogens with zero attached hydrogens (tertiary/aromatic N) is 4. The summed E-state index contributed by atoms with van der Waals surface area (Å²) in [6.45, 7) is 2.85. The first kappa shape index (κ1) is 31.7. The Morgan fingerprint density at radius 2 is 1.44 bits per heavy atom. The van der Waals surface area contributed by atoms with Gasteiger partial charge in [0.2, 0.25) is 10.9 Å². The van der Waals surface area contributed by atoms with Crippen molar-refractivity contribution in [1.82, 2.24) is 19.6 Å². The highest BCUT2D eigenvalue weighted by Gasteiger charge is 2.67. The topological polar surface area (TPSA) is 100 Å². The van der Waals surface area contributed by atoms with Crippen molar-refractivity contribution in [2.75, 3.05) is 19.1 Å². The van der Waals surface area contributed by atoms with Crippen LogP contribution in [0.1, 0.15) is 29.3 Å². The molecule has 0 saturated carbocycles. The van der Waals surface area contributed by atoms with Crippen LogP contribution in [-0.2, 0) is 44.6 Å². The Morgan fingerprint density at radius 3 is 2.04 bits per heavy atom. The van der Waals surface area contributed by atoms with Gasteiger partial charge in [0.25, 0.3) is 0 Å². The molecule has 0 bridgehead atoms. The third-order valence-electron chi connectivity index (χ3n) is 7.96. The van der Waals surface area contributed by atoms with Crippen LogP contribution < -0.4 is 0 Å². The van der Waals surface area contributed by atoms with Crippen molar-refractivity contribution in [2.45, 2.75) is 60.5 Å². The average molecular weight is 645 g/mol. The first-order valence-electron chi connectivity index (χ1n) is 14.6. The average Bonchev–Trinajstić information content (AvgIpc) is 3.61. The second-order valence-electron chi connectivity index (χ2n) is 10.9. The van der Waals surface area contributed by atoms with E-state index in [1.807, 2.05) is 110 Å². The highest BCUT2D eigenvalue weighted by Crippen LogP contribution is 2.50. The summed E-state index contributed by atoms with van der Waals surface area (Å²) in [6, 6.07) is 29.7. The number of fused-ring (bicyclic) bond motifs is 1. The Morgan fingerprint density at radius 1 is 0.844 bits per heavy atom. The van der Waals surface area contributed by atoms with E-state index in [2.05, 4.69) is 9.97 Å². The van der Waals surface area contributed by atoms with Crippen molar-refractivity contribution in [3.05, 3.63) is 120 Å². The van der Waals surface area contributed by atoms with Gasteiger partial charge >= 0.3 is 0 Å². The molecule has 5 aromatic rings. The number of imidazole rings is 1. The van der Waals surface area contributed by atoms with Gasteiger partial charge in [0.05, 0.1) is 32.6 Å². The van der Waals surface area contributed by atoms with Crippen molar-refractivity contribution in [3.63, 3.8) is 0 Å². The summed E-state index contributed by atoms with van der Waals surface area (Å²) >= 11 is 2.87. The maximum Gasteiger partial charge on any atom is 0.244 e. The molecular formula is C34H36N4O5S2. The van der Waals surface area contributed by atoms with Crippen LogP contribution in [0.2, 0.25) is 0 Å². The number of aromatic nitrogens is 4. The molecule has 4 atom stereocenters. The Bertz CT molecular complexity index is 1700. The minimum atomic E-state index is -2.02. The highest BCUT2D eigenvalue weighted by atomic mass is 32.2. The van der Waals surface area contributed by atoms with Crippen molar-refractivity contribution in [2.24, 2.45) is 0 Å². The van der Waals surface area contributed by atoms with Gasteiger partial charge in [0, 0.05) is 0 Å². The van der Waals surface area contributed by atoms with Crippen LogP contribution in [0.3, 0.4) is 0 Å². The van der Waals surface area contributed by atoms with Gasteiger partial charge in [-0.05, 0) is 36.1 Å². The number of thioether (sulfide) groups is 2. The Kier molecular flexibility index (Phi) is 9.86. The van der Waals surface area contributed by atoms with Gasteiger partial charge in [-0.2, -0.15) is 0 Å². The standard InChI is InChI=1S/C34H36N4O5S2/c1-33(42-22-26-17-11-6-12-18-26)29(41-21-25-15-9-5-10-16-25)27(23-40-20-24-13-7-4-8-14-24)43-34(33,39)28-19-35-30-31(44-2)36-32(45-3)37-38(28)30/h4-19,27,29,39H,20-23H2,1-3H3/t27-,29-,33-,34+/m1/s1. The third kappa shape index (κ3) is 6.52. The molecule has 3 aromatic carbocycles. The molecule has 11 heteroatoms. The summed E-state index contributed by atoms with van der Waals surface area (Å²) in [6.07, 6.45) is 3.98. The molecule has 0 amide bonds. The minimum absolute atomic E-state index is 0.152. The van der Waals surface area contributed by atoms with E-state index in [9.17, 15) is 5.11 Å². The van der Waals surface area contributed by atoms with Gasteiger partial charge < -0.3 is 24.1 Å². The Labute approximate surface area is 271 Å². The van der Waals surface area contributed by atoms with Crippen LogP contribution in [-0.4, -0.2) is 61.6 Å². The smallest absolute Gasteiger partial charge is 0.244 e. The number of aliphatic hydroxyl groups is 1. The van der Waals surface area contributed by atoms with Gasteiger partial charge in [-0.15, -0.1) is 16.9 Å². The van der Waals surface area contributed by atoms with Gasteiger partial charge in [-0.3, -0.25) is 0 Å². The summed E-state index contributed by atoms with van der Waals surface area (Å²) in [4.78, 5) is 9.23. The predicted molar refractivity (Wildman–Crippen MR) is 174 cm³/mol. The zero-order valence-corrected chi connectivity index (χ0v) is 27.0. The fourth-order valence-electron chi connectivity index (χ4n) is 5.55. The van der Waals surface area contributed by atoms with Crippen molar-refractivity contribution in [3.8, 4) is 0 Å². The Balaban J connectivity index is 1.41. The zero-order chi connectivity index (χ0) is 31.3. The summed E-state index contributed by atoms with van der Waals surface area (Å²) < 4.78 is 27.8. The quantitative estimate of drug-likeness (QED) is 0.156. The van der Waals surface area contributed by atoms with Crippen LogP contribution in [0.5, 0.6) is 0 Å². The molecule has 0 radical (unpaired) electrons. The number of rotatable bonds is 13. The summed E-state index contributed by atoms with van der Waals surface area (Å²) in [5.41, 5.74) is 2.38. The lowest BCUT2D eigenvalue weighted by Crippen LogP contribution is -2.55. The molecule has 1 aliphatic heterocycles. The lowest BCUT2D eigenvalue weighted by atomic mass is 9.87. The first-order chi connectivity index (χ1) is 21.9. The van der Waals surface area contributed by atoms with Crippen LogP contribution in [0.25, 0.3) is 5.65 Å². The number of ether oxygens (including phenoxy) is 4. The van der Waals surface area contributed by atoms with E-state index in [0.717, 1.165) is 16.7 Å². The van der Waals surface area contributed by atoms with E-state index < -0.39 is 23.6 Å². The predicted octanol–water partition coefficient (Wildman–Crippen LogP) is 5.89. The van der Waals surface area contributed by atoms with Crippen LogP contribution in [0.4, 0.5) is 0 Å². The monoisotopic (exact) mass is 644 g/mol. The van der Waals surface area contributed by atoms with Crippen LogP contribution in [0.15, 0.2) is 107 Å². The van der Waals surface area contributed by atoms with Crippen molar-refractivity contribution >= 4 is 29.2 Å². The second kappa shape index (κ2) is 14.0. The normalized spacial score (nSPS) is 23.1. The van der Waals surface area contributed by atoms with Gasteiger partial charge in [-0.1, -0.05) is 103 Å². The van der Waals surface area contributed by atoms with Crippen molar-refractivity contribution < 1.29 is 24.1 Å². The molecule has 234 valence electrons. The maximum atomic E-state index is 12.8. The van der Waals surface area contributed by atoms with Crippen molar-refractivity contribution in [1.29, 1.82) is 0 Å². The number of hydrogen-bond donors (Lipinski definition) is 1. The lowest BCUT2D eigenvalue weighted by Gasteiger charge is -2.39. The minimum Gasteiger partial charge on any atom is -0.374 e. The molecular weight excluding hydrogens is 609 g/mol. The maximum absolute atomic E-state index is 12.8. The molecule has 0 unspecified atom stereocenters. The molecule has 1 saturated heterocycles. The van der Waals surface area contributed by atoms with E-state index in [1.165, 1.54) is 23.5 Å². The van der Waals surface area contributed by atoms with E-state index in [1.54, 1.807) is 10.7 Å². The van der Waals surface area contributed by atoms with Gasteiger partial charge in [-0.25, -0.2) is 14.5 Å². The first-order valence-corrected chi connectivity index (χ1v) is 17.1. The van der Waals surface area contributed by atoms with Crippen LogP contribution in [0, 0.1) is 0 Å². The molecule has 2 aromatic heterocycles. The largest absolute Gasteiger partial charge is 0.374 e. The number of benzene rings is 3. The summed E-state index contributed by atoms with van der Waals surface area (Å²) in [5.74, 6) is -2.02. The molecule has 9 nitrogen and oxygen atoms in total. The fraction of sp³-hybridized carbons (Fsp3) is 0.324. The van der Waals surface area contributed by atoms with Crippen LogP contribution >= 0.6 is 23.5 Å². The van der Waals surface area contributed by atoms with Gasteiger partial charge in [0.15, 0.2) is 11.2 Å². The highest BCUT2D eigenvalue weighted by molar-refractivity contribution is 7.99. The lowest BCUT2D eigenvalue weighted by molar-refractivity contribution is -0.294. The van der Waals surface area contributed by atoms with E-state index >= 15 is 0 Å². The second-order valence-corrected chi connectivity index (χ2v) is 12.5. The van der Waals surface area contributed by atoms with Gasteiger partial charge in [0.1, 0.15) is 22.9 Å².